The molecule has 1 heterocycles. The Labute approximate surface area is 169 Å². The number of hydrogen-bond donors (Lipinski definition) is 1. The second-order valence-corrected chi connectivity index (χ2v) is 7.36. The van der Waals surface area contributed by atoms with Crippen LogP contribution in [-0.4, -0.2) is 33.6 Å². The minimum Gasteiger partial charge on any atom is -0.395 e. The van der Waals surface area contributed by atoms with Crippen LogP contribution in [0, 0.1) is 10.1 Å². The Hall–Kier alpha value is -3.76. The first-order chi connectivity index (χ1) is 13.9. The summed E-state index contributed by atoms with van der Waals surface area (Å²) in [5.74, 6) is -2.18. The van der Waals surface area contributed by atoms with E-state index in [4.69, 9.17) is 0 Å². The molecule has 0 spiro atoms. The summed E-state index contributed by atoms with van der Waals surface area (Å²) < 4.78 is 35.1. The molecule has 0 bridgehead atoms. The van der Waals surface area contributed by atoms with Crippen molar-refractivity contribution in [3.8, 4) is 11.5 Å². The molecule has 158 valence electrons. The molecule has 0 unspecified atom stereocenters. The summed E-state index contributed by atoms with van der Waals surface area (Å²) >= 11 is 0. The molecule has 2 aromatic rings. The van der Waals surface area contributed by atoms with Gasteiger partial charge in [0.25, 0.3) is 17.5 Å². The van der Waals surface area contributed by atoms with Gasteiger partial charge in [-0.05, 0) is 45.0 Å². The zero-order chi connectivity index (χ0) is 22.3. The SMILES string of the molecule is CC(C)(C)N(NC(=O)c1ccccc1[N+](=O)[O-])C(=O)c1ccc2c(c1)OC(F)(F)O2. The maximum atomic E-state index is 13.2. The second kappa shape index (κ2) is 7.25. The first-order valence-corrected chi connectivity index (χ1v) is 8.68. The number of hydrazine groups is 1. The summed E-state index contributed by atoms with van der Waals surface area (Å²) in [6, 6.07) is 8.72. The van der Waals surface area contributed by atoms with Crippen LogP contribution in [0.25, 0.3) is 0 Å². The van der Waals surface area contributed by atoms with Gasteiger partial charge in [-0.1, -0.05) is 12.1 Å². The molecule has 0 fully saturated rings. The lowest BCUT2D eigenvalue weighted by atomic mass is 10.1. The molecule has 2 amide bonds. The molecule has 2 aromatic carbocycles. The van der Waals surface area contributed by atoms with Crippen molar-refractivity contribution < 1.29 is 32.8 Å². The molecule has 0 saturated heterocycles. The van der Waals surface area contributed by atoms with Gasteiger partial charge in [-0.25, -0.2) is 5.01 Å². The number of fused-ring (bicyclic) bond motifs is 1. The Bertz CT molecular complexity index is 1040. The number of carbonyl (C=O) groups excluding carboxylic acids is 2. The van der Waals surface area contributed by atoms with Gasteiger partial charge in [-0.2, -0.15) is 0 Å². The first kappa shape index (κ1) is 21.0. The van der Waals surface area contributed by atoms with Gasteiger partial charge in [0.1, 0.15) is 5.56 Å². The van der Waals surface area contributed by atoms with Crippen molar-refractivity contribution in [3.63, 3.8) is 0 Å². The van der Waals surface area contributed by atoms with E-state index >= 15 is 0 Å². The fourth-order valence-corrected chi connectivity index (χ4v) is 2.72. The van der Waals surface area contributed by atoms with E-state index in [9.17, 15) is 28.5 Å². The van der Waals surface area contributed by atoms with Crippen LogP contribution < -0.4 is 14.9 Å². The topological polar surface area (TPSA) is 111 Å². The third-order valence-electron chi connectivity index (χ3n) is 4.08. The van der Waals surface area contributed by atoms with E-state index in [0.29, 0.717) is 0 Å². The van der Waals surface area contributed by atoms with Crippen molar-refractivity contribution in [1.82, 2.24) is 10.4 Å². The normalized spacial score (nSPS) is 14.2. The summed E-state index contributed by atoms with van der Waals surface area (Å²) in [7, 11) is 0. The Balaban J connectivity index is 1.90. The minimum absolute atomic E-state index is 0.0622. The third kappa shape index (κ3) is 4.14. The Kier molecular flexibility index (Phi) is 5.06. The molecule has 0 aromatic heterocycles. The lowest BCUT2D eigenvalue weighted by molar-refractivity contribution is -0.385. The number of amides is 2. The van der Waals surface area contributed by atoms with Gasteiger partial charge in [-0.15, -0.1) is 8.78 Å². The van der Waals surface area contributed by atoms with E-state index < -0.39 is 34.3 Å². The summed E-state index contributed by atoms with van der Waals surface area (Å²) in [6.45, 7) is 4.85. The van der Waals surface area contributed by atoms with Crippen molar-refractivity contribution >= 4 is 17.5 Å². The predicted octanol–water partition coefficient (Wildman–Crippen LogP) is 3.50. The maximum absolute atomic E-state index is 13.2. The number of carbonyl (C=O) groups is 2. The van der Waals surface area contributed by atoms with Crippen LogP contribution in [0.5, 0.6) is 11.5 Å². The van der Waals surface area contributed by atoms with Crippen molar-refractivity contribution in [2.24, 2.45) is 0 Å². The highest BCUT2D eigenvalue weighted by Gasteiger charge is 2.44. The first-order valence-electron chi connectivity index (χ1n) is 8.68. The lowest BCUT2D eigenvalue weighted by Crippen LogP contribution is -2.55. The Morgan fingerprint density at radius 1 is 1.10 bits per heavy atom. The quantitative estimate of drug-likeness (QED) is 0.600. The molecule has 1 aliphatic rings. The van der Waals surface area contributed by atoms with E-state index in [1.54, 1.807) is 20.8 Å². The monoisotopic (exact) mass is 421 g/mol. The zero-order valence-corrected chi connectivity index (χ0v) is 16.1. The second-order valence-electron chi connectivity index (χ2n) is 7.36. The minimum atomic E-state index is -3.84. The van der Waals surface area contributed by atoms with E-state index in [0.717, 1.165) is 23.2 Å². The molecule has 0 aliphatic carbocycles. The third-order valence-corrected chi connectivity index (χ3v) is 4.08. The number of nitro groups is 1. The number of benzene rings is 2. The number of alkyl halides is 2. The van der Waals surface area contributed by atoms with E-state index in [2.05, 4.69) is 14.9 Å². The van der Waals surface area contributed by atoms with Gasteiger partial charge >= 0.3 is 6.29 Å². The highest BCUT2D eigenvalue weighted by atomic mass is 19.3. The molecule has 0 atom stereocenters. The molecule has 9 nitrogen and oxygen atoms in total. The Morgan fingerprint density at radius 2 is 1.73 bits per heavy atom. The van der Waals surface area contributed by atoms with Crippen molar-refractivity contribution in [2.75, 3.05) is 0 Å². The van der Waals surface area contributed by atoms with E-state index in [-0.39, 0.29) is 22.6 Å². The average molecular weight is 421 g/mol. The smallest absolute Gasteiger partial charge is 0.395 e. The molecule has 0 radical (unpaired) electrons. The molecule has 3 rings (SSSR count). The molecule has 1 N–H and O–H groups in total. The van der Waals surface area contributed by atoms with Crippen LogP contribution in [0.2, 0.25) is 0 Å². The van der Waals surface area contributed by atoms with Gasteiger partial charge < -0.3 is 9.47 Å². The van der Waals surface area contributed by atoms with Crippen LogP contribution in [0.15, 0.2) is 42.5 Å². The van der Waals surface area contributed by atoms with Crippen LogP contribution >= 0.6 is 0 Å². The number of hydrogen-bond acceptors (Lipinski definition) is 6. The standard InChI is InChI=1S/C19H17F2N3O6/c1-18(2,3)23(22-16(25)12-6-4-5-7-13(12)24(27)28)17(26)11-8-9-14-15(10-11)30-19(20,21)29-14/h4-10H,1-3H3,(H,22,25). The molecule has 1 aliphatic heterocycles. The number of rotatable bonds is 3. The van der Waals surface area contributed by atoms with E-state index in [1.807, 2.05) is 0 Å². The maximum Gasteiger partial charge on any atom is 0.586 e. The summed E-state index contributed by atoms with van der Waals surface area (Å²) in [5, 5.41) is 12.1. The van der Waals surface area contributed by atoms with Crippen molar-refractivity contribution in [2.45, 2.75) is 32.6 Å². The number of ether oxygens (including phenoxy) is 2. The van der Waals surface area contributed by atoms with Gasteiger partial charge in [0.05, 0.1) is 10.5 Å². The molecular weight excluding hydrogens is 404 g/mol. The predicted molar refractivity (Wildman–Crippen MR) is 99.1 cm³/mol. The largest absolute Gasteiger partial charge is 0.586 e. The van der Waals surface area contributed by atoms with Crippen LogP contribution in [0.1, 0.15) is 41.5 Å². The number of nitrogens with one attached hydrogen (secondary N) is 1. The number of nitro benzene ring substituents is 1. The van der Waals surface area contributed by atoms with Crippen LogP contribution in [0.3, 0.4) is 0 Å². The average Bonchev–Trinajstić information content (AvgIpc) is 2.97. The lowest BCUT2D eigenvalue weighted by Gasteiger charge is -2.35. The highest BCUT2D eigenvalue weighted by Crippen LogP contribution is 2.41. The molecule has 11 heteroatoms. The van der Waals surface area contributed by atoms with Gasteiger partial charge in [0.2, 0.25) is 0 Å². The molecular formula is C19H17F2N3O6. The number of halogens is 2. The zero-order valence-electron chi connectivity index (χ0n) is 16.1. The number of para-hydroxylation sites is 1. The summed E-state index contributed by atoms with van der Waals surface area (Å²) in [4.78, 5) is 36.2. The fourth-order valence-electron chi connectivity index (χ4n) is 2.72. The van der Waals surface area contributed by atoms with Crippen LogP contribution in [-0.2, 0) is 0 Å². The van der Waals surface area contributed by atoms with Gasteiger partial charge in [0, 0.05) is 11.6 Å². The van der Waals surface area contributed by atoms with Gasteiger partial charge in [-0.3, -0.25) is 25.1 Å². The van der Waals surface area contributed by atoms with E-state index in [1.165, 1.54) is 24.3 Å². The summed E-state index contributed by atoms with van der Waals surface area (Å²) in [6.07, 6.45) is -3.84. The van der Waals surface area contributed by atoms with Crippen molar-refractivity contribution in [3.05, 3.63) is 63.7 Å². The fraction of sp³-hybridized carbons (Fsp3) is 0.263. The van der Waals surface area contributed by atoms with Gasteiger partial charge in [0.15, 0.2) is 11.5 Å². The Morgan fingerprint density at radius 3 is 2.37 bits per heavy atom. The van der Waals surface area contributed by atoms with Crippen LogP contribution in [0.4, 0.5) is 14.5 Å². The molecule has 0 saturated carbocycles. The molecule has 30 heavy (non-hydrogen) atoms. The highest BCUT2D eigenvalue weighted by molar-refractivity contribution is 6.01. The number of nitrogens with zero attached hydrogens (tertiary/aromatic N) is 2. The van der Waals surface area contributed by atoms with Crippen molar-refractivity contribution in [1.29, 1.82) is 0 Å². The summed E-state index contributed by atoms with van der Waals surface area (Å²) in [5.41, 5.74) is 0.677.